The van der Waals surface area contributed by atoms with E-state index >= 15 is 0 Å². The van der Waals surface area contributed by atoms with Gasteiger partial charge in [-0.15, -0.1) is 0 Å². The van der Waals surface area contributed by atoms with E-state index in [0.717, 1.165) is 22.6 Å². The first-order valence-corrected chi connectivity index (χ1v) is 27.7. The molecule has 12 aromatic carbocycles. The van der Waals surface area contributed by atoms with Crippen LogP contribution in [-0.4, -0.2) is 4.57 Å². The molecule has 13 rings (SSSR count). The van der Waals surface area contributed by atoms with Crippen molar-refractivity contribution >= 4 is 71.2 Å². The summed E-state index contributed by atoms with van der Waals surface area (Å²) in [5, 5.41) is 9.96. The third kappa shape index (κ3) is 8.43. The first-order chi connectivity index (χ1) is 37.6. The molecular weight excluding hydrogens is 941 g/mol. The van der Waals surface area contributed by atoms with E-state index in [1.807, 2.05) is 0 Å². The van der Waals surface area contributed by atoms with Gasteiger partial charge >= 0.3 is 0 Å². The van der Waals surface area contributed by atoms with Crippen LogP contribution in [0.1, 0.15) is 79.0 Å². The minimum atomic E-state index is -0.0967. The molecule has 1 aromatic heterocycles. The molecule has 0 fully saturated rings. The zero-order chi connectivity index (χ0) is 53.7. The molecule has 0 aliphatic heterocycles. The van der Waals surface area contributed by atoms with Gasteiger partial charge in [0.1, 0.15) is 0 Å². The number of para-hydroxylation sites is 2. The minimum Gasteiger partial charge on any atom is -0.309 e. The van der Waals surface area contributed by atoms with E-state index in [0.29, 0.717) is 0 Å². The van der Waals surface area contributed by atoms with E-state index in [1.54, 1.807) is 0 Å². The second kappa shape index (κ2) is 18.5. The lowest BCUT2D eigenvalue weighted by atomic mass is 9.78. The van der Waals surface area contributed by atoms with Gasteiger partial charge in [-0.3, -0.25) is 0 Å². The average molecular weight is 1010 g/mol. The molecule has 0 bridgehead atoms. The second-order valence-electron chi connectivity index (χ2n) is 24.6. The van der Waals surface area contributed by atoms with E-state index in [2.05, 4.69) is 308 Å². The highest BCUT2D eigenvalue weighted by molar-refractivity contribution is 6.27. The molecule has 13 aromatic rings. The Morgan fingerprint density at radius 1 is 0.295 bits per heavy atom. The number of hydrogen-bond acceptors (Lipinski definition) is 1. The smallest absolute Gasteiger partial charge is 0.0541 e. The molecule has 0 N–H and O–H groups in total. The molecule has 0 saturated heterocycles. The van der Waals surface area contributed by atoms with Crippen molar-refractivity contribution in [1.29, 1.82) is 0 Å². The molecule has 0 spiro atoms. The lowest BCUT2D eigenvalue weighted by Gasteiger charge is -2.31. The first kappa shape index (κ1) is 48.9. The minimum absolute atomic E-state index is 0.00818. The summed E-state index contributed by atoms with van der Waals surface area (Å²) in [6.45, 7) is 20.9. The second-order valence-corrected chi connectivity index (χ2v) is 24.6. The summed E-state index contributed by atoms with van der Waals surface area (Å²) in [5.41, 5.74) is 20.4. The average Bonchev–Trinajstić information content (AvgIpc) is 3.99. The third-order valence-electron chi connectivity index (χ3n) is 16.4. The van der Waals surface area contributed by atoms with Crippen molar-refractivity contribution < 1.29 is 0 Å². The van der Waals surface area contributed by atoms with E-state index in [9.17, 15) is 0 Å². The van der Waals surface area contributed by atoms with E-state index in [4.69, 9.17) is 0 Å². The fourth-order valence-electron chi connectivity index (χ4n) is 12.1. The number of aromatic nitrogens is 1. The Labute approximate surface area is 460 Å². The number of anilines is 3. The zero-order valence-corrected chi connectivity index (χ0v) is 46.4. The number of hydrogen-bond donors (Lipinski definition) is 0. The lowest BCUT2D eigenvalue weighted by molar-refractivity contribution is 0.569. The van der Waals surface area contributed by atoms with Crippen molar-refractivity contribution in [3.8, 4) is 50.2 Å². The molecule has 1 heterocycles. The van der Waals surface area contributed by atoms with Crippen LogP contribution >= 0.6 is 0 Å². The monoisotopic (exact) mass is 1010 g/mol. The standard InChI is InChI=1S/C76H66N2/c1-74(2,3)56-37-42-71(66(48-56)53-24-19-23-52(43-53)55-44-57(75(4,5)6)47-58(45-55)76(7,8)9)77(59-26-20-25-54(46-59)61-28-14-13-27-60(61)49-21-11-10-12-22-49)69-40-35-50-34-39-65-70(41-36-51-33-38-64(69)72(50)73(51)65)78-67-31-17-15-29-62(67)63-30-16-18-32-68(63)78/h10-48H,1-9H3. The largest absolute Gasteiger partial charge is 0.309 e. The quantitative estimate of drug-likeness (QED) is 0.138. The Hall–Kier alpha value is -8.72. The van der Waals surface area contributed by atoms with Crippen molar-refractivity contribution in [3.05, 3.63) is 253 Å². The molecule has 2 nitrogen and oxygen atoms in total. The maximum atomic E-state index is 2.56. The van der Waals surface area contributed by atoms with Gasteiger partial charge in [0.05, 0.1) is 28.1 Å². The van der Waals surface area contributed by atoms with Gasteiger partial charge in [0.2, 0.25) is 0 Å². The van der Waals surface area contributed by atoms with Gasteiger partial charge in [0.25, 0.3) is 0 Å². The van der Waals surface area contributed by atoms with Crippen LogP contribution in [0.5, 0.6) is 0 Å². The summed E-state index contributed by atoms with van der Waals surface area (Å²) in [6.07, 6.45) is 0. The Kier molecular flexibility index (Phi) is 11.6. The van der Waals surface area contributed by atoms with Crippen LogP contribution in [0.15, 0.2) is 237 Å². The lowest BCUT2D eigenvalue weighted by Crippen LogP contribution is -2.16. The number of fused-ring (bicyclic) bond motifs is 3. The van der Waals surface area contributed by atoms with E-state index in [-0.39, 0.29) is 16.2 Å². The fourth-order valence-corrected chi connectivity index (χ4v) is 12.1. The van der Waals surface area contributed by atoms with Gasteiger partial charge in [-0.1, -0.05) is 244 Å². The molecule has 2 heteroatoms. The Morgan fingerprint density at radius 3 is 1.45 bits per heavy atom. The molecule has 78 heavy (non-hydrogen) atoms. The molecule has 0 aliphatic carbocycles. The van der Waals surface area contributed by atoms with E-state index in [1.165, 1.54) is 115 Å². The Balaban J connectivity index is 1.08. The van der Waals surface area contributed by atoms with Crippen LogP contribution < -0.4 is 4.90 Å². The molecular formula is C76H66N2. The molecule has 0 atom stereocenters. The van der Waals surface area contributed by atoms with Crippen LogP contribution in [-0.2, 0) is 16.2 Å². The predicted molar refractivity (Wildman–Crippen MR) is 337 cm³/mol. The van der Waals surface area contributed by atoms with Crippen molar-refractivity contribution in [1.82, 2.24) is 4.57 Å². The maximum absolute atomic E-state index is 2.56. The normalized spacial score (nSPS) is 12.4. The summed E-state index contributed by atoms with van der Waals surface area (Å²) >= 11 is 0. The summed E-state index contributed by atoms with van der Waals surface area (Å²) in [5.74, 6) is 0. The van der Waals surface area contributed by atoms with Crippen LogP contribution in [0, 0.1) is 0 Å². The summed E-state index contributed by atoms with van der Waals surface area (Å²) in [7, 11) is 0. The summed E-state index contributed by atoms with van der Waals surface area (Å²) in [4.78, 5) is 2.56. The molecule has 0 aliphatic rings. The van der Waals surface area contributed by atoms with Crippen LogP contribution in [0.4, 0.5) is 17.1 Å². The Bertz CT molecular complexity index is 4350. The molecule has 0 radical (unpaired) electrons. The van der Waals surface area contributed by atoms with Gasteiger partial charge in [-0.2, -0.15) is 0 Å². The van der Waals surface area contributed by atoms with Gasteiger partial charge in [0.15, 0.2) is 0 Å². The summed E-state index contributed by atoms with van der Waals surface area (Å²) in [6, 6.07) is 89.1. The third-order valence-corrected chi connectivity index (χ3v) is 16.4. The highest BCUT2D eigenvalue weighted by atomic mass is 15.1. The molecule has 0 amide bonds. The first-order valence-electron chi connectivity index (χ1n) is 27.7. The van der Waals surface area contributed by atoms with Crippen molar-refractivity contribution in [3.63, 3.8) is 0 Å². The van der Waals surface area contributed by atoms with E-state index < -0.39 is 0 Å². The highest BCUT2D eigenvalue weighted by Crippen LogP contribution is 2.50. The number of rotatable bonds is 8. The van der Waals surface area contributed by atoms with Gasteiger partial charge in [-0.05, 0) is 148 Å². The van der Waals surface area contributed by atoms with Crippen LogP contribution in [0.25, 0.3) is 104 Å². The summed E-state index contributed by atoms with van der Waals surface area (Å²) < 4.78 is 2.48. The molecule has 0 saturated carbocycles. The zero-order valence-electron chi connectivity index (χ0n) is 46.4. The highest BCUT2D eigenvalue weighted by Gasteiger charge is 2.27. The van der Waals surface area contributed by atoms with Gasteiger partial charge < -0.3 is 9.47 Å². The Morgan fingerprint density at radius 2 is 0.795 bits per heavy atom. The van der Waals surface area contributed by atoms with Crippen molar-refractivity contribution in [2.45, 2.75) is 78.6 Å². The van der Waals surface area contributed by atoms with Crippen LogP contribution in [0.3, 0.4) is 0 Å². The molecule has 380 valence electrons. The predicted octanol–water partition coefficient (Wildman–Crippen LogP) is 21.7. The van der Waals surface area contributed by atoms with Crippen LogP contribution in [0.2, 0.25) is 0 Å². The topological polar surface area (TPSA) is 8.17 Å². The number of nitrogens with zero attached hydrogens (tertiary/aromatic N) is 2. The SMILES string of the molecule is CC(C)(C)c1cc(-c2cccc(-c3cc(C(C)(C)C)ccc3N(c3cccc(-c4ccccc4-c4ccccc4)c3)c3ccc4ccc5c(-n6c7ccccc7c7ccccc76)ccc6ccc3c4c65)c2)cc(C(C)(C)C)c1. The molecule has 0 unspecified atom stereocenters. The van der Waals surface area contributed by atoms with Crippen molar-refractivity contribution in [2.24, 2.45) is 0 Å². The van der Waals surface area contributed by atoms with Gasteiger partial charge in [-0.25, -0.2) is 0 Å². The fraction of sp³-hybridized carbons (Fsp3) is 0.158. The van der Waals surface area contributed by atoms with Gasteiger partial charge in [0, 0.05) is 32.8 Å². The number of benzene rings is 12. The maximum Gasteiger partial charge on any atom is 0.0541 e. The van der Waals surface area contributed by atoms with Crippen molar-refractivity contribution in [2.75, 3.05) is 4.90 Å².